The summed E-state index contributed by atoms with van der Waals surface area (Å²) in [5, 5.41) is 10.9. The van der Waals surface area contributed by atoms with Crippen LogP contribution in [0.5, 0.6) is 0 Å². The molecule has 9 heteroatoms. The first-order chi connectivity index (χ1) is 8.62. The van der Waals surface area contributed by atoms with Crippen LogP contribution in [0.3, 0.4) is 0 Å². The number of nitrogens with zero attached hydrogens (tertiary/aromatic N) is 2. The smallest absolute Gasteiger partial charge is 0.471 e. The van der Waals surface area contributed by atoms with Crippen molar-refractivity contribution in [3.05, 3.63) is 16.1 Å². The van der Waals surface area contributed by atoms with E-state index in [0.29, 0.717) is 5.01 Å². The molecular formula is C10H11F3N2O3S. The van der Waals surface area contributed by atoms with Gasteiger partial charge >= 0.3 is 18.1 Å². The lowest BCUT2D eigenvalue weighted by Gasteiger charge is -2.26. The van der Waals surface area contributed by atoms with Crippen LogP contribution in [0.4, 0.5) is 13.2 Å². The minimum absolute atomic E-state index is 0.230. The van der Waals surface area contributed by atoms with Crippen molar-refractivity contribution in [2.75, 3.05) is 0 Å². The Hall–Kier alpha value is -1.64. The van der Waals surface area contributed by atoms with Crippen molar-refractivity contribution in [3.63, 3.8) is 0 Å². The van der Waals surface area contributed by atoms with Gasteiger partial charge in [0.05, 0.1) is 17.2 Å². The number of hydrogen-bond donors (Lipinski definition) is 1. The standard InChI is InChI=1S/C10H11F3N2O3S/c1-5(8(16)17)15(9(18)10(11,12)13)3-7-4-19-6(2)14-7/h4-5H,3H2,1-2H3,(H,16,17)/t5-/m1/s1. The van der Waals surface area contributed by atoms with Crippen molar-refractivity contribution >= 4 is 23.2 Å². The van der Waals surface area contributed by atoms with Gasteiger partial charge in [0.1, 0.15) is 6.04 Å². The summed E-state index contributed by atoms with van der Waals surface area (Å²) >= 11 is 1.21. The quantitative estimate of drug-likeness (QED) is 0.920. The molecule has 0 aliphatic heterocycles. The second-order valence-corrected chi connectivity index (χ2v) is 4.87. The van der Waals surface area contributed by atoms with Crippen molar-refractivity contribution in [3.8, 4) is 0 Å². The number of aliphatic carboxylic acids is 1. The zero-order valence-corrected chi connectivity index (χ0v) is 10.9. The molecule has 0 saturated carbocycles. The van der Waals surface area contributed by atoms with Gasteiger partial charge in [0.2, 0.25) is 0 Å². The minimum atomic E-state index is -5.12. The fourth-order valence-corrected chi connectivity index (χ4v) is 1.94. The largest absolute Gasteiger partial charge is 0.480 e. The monoisotopic (exact) mass is 296 g/mol. The molecule has 0 aromatic carbocycles. The van der Waals surface area contributed by atoms with Gasteiger partial charge in [-0.2, -0.15) is 13.2 Å². The van der Waals surface area contributed by atoms with E-state index in [1.54, 1.807) is 6.92 Å². The number of halogens is 3. The Labute approximate surface area is 110 Å². The Morgan fingerprint density at radius 1 is 1.53 bits per heavy atom. The van der Waals surface area contributed by atoms with Gasteiger partial charge in [-0.1, -0.05) is 0 Å². The lowest BCUT2D eigenvalue weighted by molar-refractivity contribution is -0.190. The Kier molecular flexibility index (Phi) is 4.51. The molecule has 0 aliphatic rings. The van der Waals surface area contributed by atoms with Crippen LogP contribution in [0.2, 0.25) is 0 Å². The number of alkyl halides is 3. The average molecular weight is 296 g/mol. The van der Waals surface area contributed by atoms with Crippen LogP contribution in [0.1, 0.15) is 17.6 Å². The van der Waals surface area contributed by atoms with Gasteiger partial charge in [0, 0.05) is 5.38 Å². The fraction of sp³-hybridized carbons (Fsp3) is 0.500. The number of aromatic nitrogens is 1. The molecule has 0 radical (unpaired) electrons. The Balaban J connectivity index is 2.99. The summed E-state index contributed by atoms with van der Waals surface area (Å²) < 4.78 is 37.3. The number of carboxylic acids is 1. The van der Waals surface area contributed by atoms with E-state index in [2.05, 4.69) is 4.98 Å². The van der Waals surface area contributed by atoms with Crippen LogP contribution < -0.4 is 0 Å². The summed E-state index contributed by atoms with van der Waals surface area (Å²) in [5.41, 5.74) is 0.230. The van der Waals surface area contributed by atoms with Gasteiger partial charge in [-0.25, -0.2) is 9.78 Å². The molecule has 1 atom stereocenters. The van der Waals surface area contributed by atoms with Crippen molar-refractivity contribution in [2.24, 2.45) is 0 Å². The molecule has 1 rings (SSSR count). The number of hydrogen-bond acceptors (Lipinski definition) is 4. The molecule has 1 heterocycles. The van der Waals surface area contributed by atoms with Gasteiger partial charge in [0.25, 0.3) is 0 Å². The summed E-state index contributed by atoms with van der Waals surface area (Å²) in [5.74, 6) is -3.70. The second kappa shape index (κ2) is 5.55. The Morgan fingerprint density at radius 2 is 2.11 bits per heavy atom. The van der Waals surface area contributed by atoms with Crippen LogP contribution in [0.15, 0.2) is 5.38 Å². The highest BCUT2D eigenvalue weighted by molar-refractivity contribution is 7.09. The summed E-state index contributed by atoms with van der Waals surface area (Å²) in [4.78, 5) is 26.2. The van der Waals surface area contributed by atoms with Crippen molar-refractivity contribution in [1.29, 1.82) is 0 Å². The van der Waals surface area contributed by atoms with E-state index < -0.39 is 30.6 Å². The molecule has 1 aromatic heterocycles. The number of aryl methyl sites for hydroxylation is 1. The maximum absolute atomic E-state index is 12.4. The van der Waals surface area contributed by atoms with E-state index in [1.165, 1.54) is 16.7 Å². The Bertz CT molecular complexity index is 487. The molecule has 0 bridgehead atoms. The van der Waals surface area contributed by atoms with E-state index in [1.807, 2.05) is 0 Å². The predicted molar refractivity (Wildman–Crippen MR) is 60.6 cm³/mol. The van der Waals surface area contributed by atoms with Crippen molar-refractivity contribution in [2.45, 2.75) is 32.6 Å². The first kappa shape index (κ1) is 15.4. The minimum Gasteiger partial charge on any atom is -0.480 e. The number of carboxylic acid groups (broad SMARTS) is 1. The van der Waals surface area contributed by atoms with Gasteiger partial charge in [-0.05, 0) is 13.8 Å². The molecule has 0 fully saturated rings. The SMILES string of the molecule is Cc1nc(CN(C(=O)C(F)(F)F)[C@H](C)C(=O)O)cs1. The molecule has 106 valence electrons. The molecule has 0 aliphatic carbocycles. The zero-order valence-electron chi connectivity index (χ0n) is 10.1. The van der Waals surface area contributed by atoms with Gasteiger partial charge < -0.3 is 10.0 Å². The number of amides is 1. The highest BCUT2D eigenvalue weighted by Gasteiger charge is 2.45. The third kappa shape index (κ3) is 3.91. The number of rotatable bonds is 4. The van der Waals surface area contributed by atoms with E-state index in [4.69, 9.17) is 5.11 Å². The van der Waals surface area contributed by atoms with Crippen molar-refractivity contribution in [1.82, 2.24) is 9.88 Å². The lowest BCUT2D eigenvalue weighted by atomic mass is 10.2. The summed E-state index contributed by atoms with van der Waals surface area (Å²) in [7, 11) is 0. The molecule has 0 unspecified atom stereocenters. The van der Waals surface area contributed by atoms with Gasteiger partial charge in [-0.3, -0.25) is 4.79 Å². The van der Waals surface area contributed by atoms with Crippen LogP contribution in [-0.2, 0) is 16.1 Å². The molecular weight excluding hydrogens is 285 g/mol. The fourth-order valence-electron chi connectivity index (χ4n) is 1.34. The zero-order chi connectivity index (χ0) is 14.8. The maximum atomic E-state index is 12.4. The summed E-state index contributed by atoms with van der Waals surface area (Å²) in [6.07, 6.45) is -5.12. The van der Waals surface area contributed by atoms with Crippen LogP contribution in [-0.4, -0.2) is 39.1 Å². The van der Waals surface area contributed by atoms with Crippen LogP contribution in [0.25, 0.3) is 0 Å². The summed E-state index contributed by atoms with van der Waals surface area (Å²) in [6, 6.07) is -1.59. The van der Waals surface area contributed by atoms with Crippen LogP contribution in [0, 0.1) is 6.92 Å². The molecule has 0 spiro atoms. The van der Waals surface area contributed by atoms with Crippen molar-refractivity contribution < 1.29 is 27.9 Å². The third-order valence-electron chi connectivity index (χ3n) is 2.33. The molecule has 1 aromatic rings. The lowest BCUT2D eigenvalue weighted by Crippen LogP contribution is -2.48. The normalized spacial score (nSPS) is 13.1. The predicted octanol–water partition coefficient (Wildman–Crippen LogP) is 1.82. The van der Waals surface area contributed by atoms with E-state index >= 15 is 0 Å². The second-order valence-electron chi connectivity index (χ2n) is 3.80. The third-order valence-corrected chi connectivity index (χ3v) is 3.15. The van der Waals surface area contributed by atoms with Crippen LogP contribution >= 0.6 is 11.3 Å². The molecule has 1 amide bonds. The van der Waals surface area contributed by atoms with Gasteiger partial charge in [0.15, 0.2) is 0 Å². The first-order valence-electron chi connectivity index (χ1n) is 5.14. The molecule has 19 heavy (non-hydrogen) atoms. The molecule has 1 N–H and O–H groups in total. The average Bonchev–Trinajstić information content (AvgIpc) is 2.68. The number of carbonyl (C=O) groups excluding carboxylic acids is 1. The van der Waals surface area contributed by atoms with E-state index in [-0.39, 0.29) is 10.6 Å². The number of thiazole rings is 1. The Morgan fingerprint density at radius 3 is 2.47 bits per heavy atom. The number of carbonyl (C=O) groups is 2. The van der Waals surface area contributed by atoms with E-state index in [9.17, 15) is 22.8 Å². The van der Waals surface area contributed by atoms with Gasteiger partial charge in [-0.15, -0.1) is 11.3 Å². The molecule has 5 nitrogen and oxygen atoms in total. The molecule has 0 saturated heterocycles. The maximum Gasteiger partial charge on any atom is 0.471 e. The first-order valence-corrected chi connectivity index (χ1v) is 6.02. The van der Waals surface area contributed by atoms with E-state index in [0.717, 1.165) is 6.92 Å². The highest BCUT2D eigenvalue weighted by Crippen LogP contribution is 2.22. The topological polar surface area (TPSA) is 70.5 Å². The highest BCUT2D eigenvalue weighted by atomic mass is 32.1. The summed E-state index contributed by atoms with van der Waals surface area (Å²) in [6.45, 7) is 2.19.